The van der Waals surface area contributed by atoms with Gasteiger partial charge in [-0.25, -0.2) is 0 Å². The second-order valence-electron chi connectivity index (χ2n) is 4.97. The number of hydrogen-bond donors (Lipinski definition) is 2. The fourth-order valence-corrected chi connectivity index (χ4v) is 1.35. The molecule has 0 aliphatic rings. The zero-order valence-electron chi connectivity index (χ0n) is 11.0. The topological polar surface area (TPSA) is 66.8 Å². The molecule has 2 N–H and O–H groups in total. The summed E-state index contributed by atoms with van der Waals surface area (Å²) in [6, 6.07) is 7.06. The zero-order valence-corrected chi connectivity index (χ0v) is 11.0. The van der Waals surface area contributed by atoms with Gasteiger partial charge in [0.25, 0.3) is 0 Å². The molecule has 0 aliphatic heterocycles. The van der Waals surface area contributed by atoms with Gasteiger partial charge in [0.05, 0.1) is 11.5 Å². The molecule has 0 aromatic heterocycles. The molecule has 0 unspecified atom stereocenters. The molecule has 0 spiro atoms. The Morgan fingerprint density at radius 3 is 2.33 bits per heavy atom. The molecule has 18 heavy (non-hydrogen) atoms. The van der Waals surface area contributed by atoms with Crippen LogP contribution in [0.5, 0.6) is 5.75 Å². The van der Waals surface area contributed by atoms with Crippen molar-refractivity contribution in [1.29, 1.82) is 0 Å². The lowest BCUT2D eigenvalue weighted by Crippen LogP contribution is -2.30. The van der Waals surface area contributed by atoms with Gasteiger partial charge in [-0.05, 0) is 38.0 Å². The summed E-state index contributed by atoms with van der Waals surface area (Å²) >= 11 is 0. The van der Waals surface area contributed by atoms with Crippen molar-refractivity contribution in [2.24, 2.45) is 5.41 Å². The van der Waals surface area contributed by atoms with Crippen LogP contribution in [0.4, 0.5) is 0 Å². The predicted octanol–water partition coefficient (Wildman–Crippen LogP) is 2.62. The van der Waals surface area contributed by atoms with Crippen LogP contribution in [0.3, 0.4) is 0 Å². The Hall–Kier alpha value is -1.55. The minimum absolute atomic E-state index is 0.109. The van der Waals surface area contributed by atoms with Crippen LogP contribution < -0.4 is 4.74 Å². The van der Waals surface area contributed by atoms with Gasteiger partial charge in [-0.2, -0.15) is 0 Å². The van der Waals surface area contributed by atoms with Crippen molar-refractivity contribution in [3.05, 3.63) is 29.8 Å². The Balaban J connectivity index is 2.62. The van der Waals surface area contributed by atoms with Crippen molar-refractivity contribution in [2.45, 2.75) is 33.3 Å². The molecule has 4 heteroatoms. The largest absolute Gasteiger partial charge is 0.492 e. The molecule has 1 aromatic carbocycles. The summed E-state index contributed by atoms with van der Waals surface area (Å²) < 4.78 is 5.44. The third-order valence-corrected chi connectivity index (χ3v) is 2.83. The van der Waals surface area contributed by atoms with Gasteiger partial charge in [-0.3, -0.25) is 4.79 Å². The Morgan fingerprint density at radius 2 is 1.89 bits per heavy atom. The monoisotopic (exact) mass is 252 g/mol. The molecular formula is C14H20O4. The molecule has 100 valence electrons. The third-order valence-electron chi connectivity index (χ3n) is 2.83. The van der Waals surface area contributed by atoms with Crippen LogP contribution in [-0.2, 0) is 4.79 Å². The Labute approximate surface area is 107 Å². The van der Waals surface area contributed by atoms with E-state index < -0.39 is 17.5 Å². The van der Waals surface area contributed by atoms with Crippen molar-refractivity contribution in [3.63, 3.8) is 0 Å². The summed E-state index contributed by atoms with van der Waals surface area (Å²) in [4.78, 5) is 10.9. The van der Waals surface area contributed by atoms with Gasteiger partial charge < -0.3 is 14.9 Å². The molecule has 1 atom stereocenters. The number of aliphatic carboxylic acids is 1. The number of aliphatic hydroxyl groups excluding tert-OH is 1. The summed E-state index contributed by atoms with van der Waals surface area (Å²) in [6.07, 6.45) is 0.196. The molecule has 0 saturated heterocycles. The van der Waals surface area contributed by atoms with E-state index >= 15 is 0 Å². The van der Waals surface area contributed by atoms with E-state index in [9.17, 15) is 9.90 Å². The molecule has 4 nitrogen and oxygen atoms in total. The van der Waals surface area contributed by atoms with Crippen LogP contribution in [0.2, 0.25) is 0 Å². The summed E-state index contributed by atoms with van der Waals surface area (Å²) in [5, 5.41) is 18.6. The summed E-state index contributed by atoms with van der Waals surface area (Å²) in [6.45, 7) is 5.25. The van der Waals surface area contributed by atoms with Gasteiger partial charge in [0, 0.05) is 0 Å². The van der Waals surface area contributed by atoms with Crippen molar-refractivity contribution in [3.8, 4) is 5.75 Å². The first-order chi connectivity index (χ1) is 8.36. The third kappa shape index (κ3) is 3.74. The zero-order chi connectivity index (χ0) is 13.8. The van der Waals surface area contributed by atoms with Gasteiger partial charge in [0.1, 0.15) is 12.4 Å². The van der Waals surface area contributed by atoms with Crippen molar-refractivity contribution in [2.75, 3.05) is 6.61 Å². The Bertz CT molecular complexity index is 395. The Kier molecular flexibility index (Phi) is 4.73. The normalized spacial score (nSPS) is 13.1. The van der Waals surface area contributed by atoms with E-state index in [4.69, 9.17) is 9.84 Å². The lowest BCUT2D eigenvalue weighted by molar-refractivity contribution is -0.148. The quantitative estimate of drug-likeness (QED) is 0.816. The molecule has 0 fully saturated rings. The van der Waals surface area contributed by atoms with E-state index in [1.54, 1.807) is 38.1 Å². The fraction of sp³-hybridized carbons (Fsp3) is 0.500. The summed E-state index contributed by atoms with van der Waals surface area (Å²) in [7, 11) is 0. The van der Waals surface area contributed by atoms with Crippen molar-refractivity contribution < 1.29 is 19.7 Å². The summed E-state index contributed by atoms with van der Waals surface area (Å²) in [5.74, 6) is -0.281. The highest BCUT2D eigenvalue weighted by Crippen LogP contribution is 2.22. The van der Waals surface area contributed by atoms with E-state index in [1.165, 1.54) is 0 Å². The number of carbonyl (C=O) groups is 1. The Morgan fingerprint density at radius 1 is 1.33 bits per heavy atom. The van der Waals surface area contributed by atoms with E-state index in [-0.39, 0.29) is 6.61 Å². The first-order valence-corrected chi connectivity index (χ1v) is 6.01. The number of benzene rings is 1. The van der Waals surface area contributed by atoms with Gasteiger partial charge in [-0.1, -0.05) is 19.1 Å². The van der Waals surface area contributed by atoms with Crippen LogP contribution in [0.25, 0.3) is 0 Å². The number of carboxylic acids is 1. The highest BCUT2D eigenvalue weighted by atomic mass is 16.5. The van der Waals surface area contributed by atoms with Crippen LogP contribution in [0.1, 0.15) is 38.9 Å². The highest BCUT2D eigenvalue weighted by molar-refractivity contribution is 5.73. The lowest BCUT2D eigenvalue weighted by atomic mass is 9.95. The number of carboxylic acid groups (broad SMARTS) is 1. The molecule has 1 rings (SSSR count). The minimum atomic E-state index is -0.915. The molecule has 0 saturated carbocycles. The molecule has 0 heterocycles. The van der Waals surface area contributed by atoms with E-state index in [0.717, 1.165) is 5.56 Å². The molecule has 1 aromatic rings. The van der Waals surface area contributed by atoms with Crippen LogP contribution in [0, 0.1) is 5.41 Å². The van der Waals surface area contributed by atoms with Gasteiger partial charge in [-0.15, -0.1) is 0 Å². The first-order valence-electron chi connectivity index (χ1n) is 6.01. The smallest absolute Gasteiger partial charge is 0.312 e. The maximum absolute atomic E-state index is 10.9. The van der Waals surface area contributed by atoms with E-state index in [2.05, 4.69) is 0 Å². The minimum Gasteiger partial charge on any atom is -0.492 e. The van der Waals surface area contributed by atoms with Gasteiger partial charge in [0.2, 0.25) is 0 Å². The van der Waals surface area contributed by atoms with Crippen LogP contribution in [-0.4, -0.2) is 22.8 Å². The van der Waals surface area contributed by atoms with Crippen LogP contribution >= 0.6 is 0 Å². The summed E-state index contributed by atoms with van der Waals surface area (Å²) in [5.41, 5.74) is -0.0796. The molecule has 0 radical (unpaired) electrons. The second kappa shape index (κ2) is 5.87. The standard InChI is InChI=1S/C14H20O4/c1-4-12(15)10-5-7-11(8-6-10)18-9-14(2,3)13(16)17/h5-8,12,15H,4,9H2,1-3H3,(H,16,17)/t12-/m1/s1. The SMILES string of the molecule is CC[C@@H](O)c1ccc(OCC(C)(C)C(=O)O)cc1. The fourth-order valence-electron chi connectivity index (χ4n) is 1.35. The molecule has 0 aliphatic carbocycles. The van der Waals surface area contributed by atoms with Crippen molar-refractivity contribution >= 4 is 5.97 Å². The number of rotatable bonds is 6. The average Bonchev–Trinajstić information content (AvgIpc) is 2.36. The van der Waals surface area contributed by atoms with Crippen LogP contribution in [0.15, 0.2) is 24.3 Å². The predicted molar refractivity (Wildman–Crippen MR) is 68.6 cm³/mol. The van der Waals surface area contributed by atoms with Gasteiger partial charge in [0.15, 0.2) is 0 Å². The van der Waals surface area contributed by atoms with Crippen molar-refractivity contribution in [1.82, 2.24) is 0 Å². The first kappa shape index (κ1) is 14.5. The molecule has 0 amide bonds. The number of hydrogen-bond acceptors (Lipinski definition) is 3. The lowest BCUT2D eigenvalue weighted by Gasteiger charge is -2.19. The molecular weight excluding hydrogens is 232 g/mol. The maximum atomic E-state index is 10.9. The van der Waals surface area contributed by atoms with E-state index in [0.29, 0.717) is 12.2 Å². The number of aliphatic hydroxyl groups is 1. The maximum Gasteiger partial charge on any atom is 0.312 e. The second-order valence-corrected chi connectivity index (χ2v) is 4.97. The van der Waals surface area contributed by atoms with Gasteiger partial charge >= 0.3 is 5.97 Å². The van der Waals surface area contributed by atoms with E-state index in [1.807, 2.05) is 6.92 Å². The number of ether oxygens (including phenoxy) is 1. The average molecular weight is 252 g/mol. The molecule has 0 bridgehead atoms. The highest BCUT2D eigenvalue weighted by Gasteiger charge is 2.28.